The predicted octanol–water partition coefficient (Wildman–Crippen LogP) is 0.803. The Balaban J connectivity index is 2.31. The van der Waals surface area contributed by atoms with Crippen molar-refractivity contribution in [1.29, 1.82) is 0 Å². The van der Waals surface area contributed by atoms with Crippen LogP contribution in [-0.4, -0.2) is 47.8 Å². The van der Waals surface area contributed by atoms with Crippen LogP contribution >= 0.6 is 0 Å². The second kappa shape index (κ2) is 6.36. The molecular formula is C11H19N3O3. The van der Waals surface area contributed by atoms with Crippen molar-refractivity contribution in [3.8, 4) is 0 Å². The van der Waals surface area contributed by atoms with E-state index in [1.807, 2.05) is 14.1 Å². The van der Waals surface area contributed by atoms with E-state index in [0.29, 0.717) is 18.3 Å². The zero-order valence-electron chi connectivity index (χ0n) is 10.4. The minimum Gasteiger partial charge on any atom is -0.476 e. The zero-order valence-corrected chi connectivity index (χ0v) is 10.4. The summed E-state index contributed by atoms with van der Waals surface area (Å²) in [6.45, 7) is 3.58. The maximum Gasteiger partial charge on any atom is 0.358 e. The van der Waals surface area contributed by atoms with Gasteiger partial charge in [0.05, 0.1) is 6.54 Å². The molecule has 17 heavy (non-hydrogen) atoms. The summed E-state index contributed by atoms with van der Waals surface area (Å²) < 4.78 is 4.90. The molecule has 0 aliphatic rings. The molecule has 1 aromatic rings. The standard InChI is InChI=1S/C11H19N3O3/c1-8(4-5-14(2)3)12-7-9-6-10(11(15)16)13-17-9/h6,8,12H,4-5,7H2,1-3H3,(H,15,16). The van der Waals surface area contributed by atoms with Crippen molar-refractivity contribution >= 4 is 5.97 Å². The van der Waals surface area contributed by atoms with Gasteiger partial charge in [-0.1, -0.05) is 5.16 Å². The number of nitrogens with zero attached hydrogens (tertiary/aromatic N) is 2. The fourth-order valence-corrected chi connectivity index (χ4v) is 1.33. The summed E-state index contributed by atoms with van der Waals surface area (Å²) in [7, 11) is 4.06. The molecule has 0 bridgehead atoms. The van der Waals surface area contributed by atoms with Gasteiger partial charge in [0.15, 0.2) is 11.5 Å². The number of carbonyl (C=O) groups is 1. The molecule has 0 aromatic carbocycles. The smallest absolute Gasteiger partial charge is 0.358 e. The molecule has 0 fully saturated rings. The van der Waals surface area contributed by atoms with E-state index in [-0.39, 0.29) is 5.69 Å². The van der Waals surface area contributed by atoms with Crippen LogP contribution in [0.25, 0.3) is 0 Å². The molecule has 6 nitrogen and oxygen atoms in total. The van der Waals surface area contributed by atoms with E-state index in [1.54, 1.807) is 0 Å². The van der Waals surface area contributed by atoms with E-state index < -0.39 is 5.97 Å². The van der Waals surface area contributed by atoms with Gasteiger partial charge in [-0.3, -0.25) is 0 Å². The van der Waals surface area contributed by atoms with Gasteiger partial charge >= 0.3 is 5.97 Å². The quantitative estimate of drug-likeness (QED) is 0.735. The predicted molar refractivity (Wildman–Crippen MR) is 62.9 cm³/mol. The molecule has 0 aliphatic heterocycles. The van der Waals surface area contributed by atoms with Crippen LogP contribution in [0.5, 0.6) is 0 Å². The van der Waals surface area contributed by atoms with Gasteiger partial charge in [0.25, 0.3) is 0 Å². The molecule has 0 amide bonds. The molecule has 0 radical (unpaired) electrons. The van der Waals surface area contributed by atoms with Crippen molar-refractivity contribution in [1.82, 2.24) is 15.4 Å². The summed E-state index contributed by atoms with van der Waals surface area (Å²) >= 11 is 0. The molecule has 0 saturated carbocycles. The first kappa shape index (κ1) is 13.7. The van der Waals surface area contributed by atoms with Crippen LogP contribution in [0, 0.1) is 0 Å². The summed E-state index contributed by atoms with van der Waals surface area (Å²) in [5.41, 5.74) is -0.0530. The van der Waals surface area contributed by atoms with Crippen LogP contribution in [-0.2, 0) is 6.54 Å². The second-order valence-corrected chi connectivity index (χ2v) is 4.36. The first-order valence-electron chi connectivity index (χ1n) is 5.56. The third kappa shape index (κ3) is 4.97. The third-order valence-electron chi connectivity index (χ3n) is 2.41. The molecule has 1 unspecified atom stereocenters. The van der Waals surface area contributed by atoms with Crippen LogP contribution in [0.2, 0.25) is 0 Å². The number of hydrogen-bond donors (Lipinski definition) is 2. The number of carboxylic acids is 1. The van der Waals surface area contributed by atoms with Crippen molar-refractivity contribution in [3.05, 3.63) is 17.5 Å². The molecular weight excluding hydrogens is 222 g/mol. The Morgan fingerprint density at radius 3 is 2.88 bits per heavy atom. The number of hydrogen-bond acceptors (Lipinski definition) is 5. The molecule has 96 valence electrons. The van der Waals surface area contributed by atoms with Gasteiger partial charge in [-0.2, -0.15) is 0 Å². The highest BCUT2D eigenvalue weighted by Gasteiger charge is 2.11. The lowest BCUT2D eigenvalue weighted by Gasteiger charge is -2.15. The van der Waals surface area contributed by atoms with Crippen LogP contribution in [0.1, 0.15) is 29.6 Å². The molecule has 1 atom stereocenters. The van der Waals surface area contributed by atoms with Gasteiger partial charge in [0.2, 0.25) is 0 Å². The summed E-state index contributed by atoms with van der Waals surface area (Å²) in [5.74, 6) is -0.528. The lowest BCUT2D eigenvalue weighted by atomic mass is 10.2. The highest BCUT2D eigenvalue weighted by atomic mass is 16.5. The maximum absolute atomic E-state index is 10.6. The summed E-state index contributed by atoms with van der Waals surface area (Å²) in [4.78, 5) is 12.7. The highest BCUT2D eigenvalue weighted by molar-refractivity contribution is 5.85. The van der Waals surface area contributed by atoms with E-state index in [2.05, 4.69) is 22.3 Å². The molecule has 6 heteroatoms. The van der Waals surface area contributed by atoms with E-state index in [9.17, 15) is 4.79 Å². The van der Waals surface area contributed by atoms with Gasteiger partial charge in [-0.15, -0.1) is 0 Å². The maximum atomic E-state index is 10.6. The van der Waals surface area contributed by atoms with Gasteiger partial charge in [-0.05, 0) is 34.0 Å². The molecule has 0 saturated heterocycles. The third-order valence-corrected chi connectivity index (χ3v) is 2.41. The molecule has 0 aliphatic carbocycles. The largest absolute Gasteiger partial charge is 0.476 e. The number of aromatic nitrogens is 1. The van der Waals surface area contributed by atoms with Crippen molar-refractivity contribution in [2.24, 2.45) is 0 Å². The average Bonchev–Trinajstić information content (AvgIpc) is 2.72. The van der Waals surface area contributed by atoms with Crippen LogP contribution in [0.4, 0.5) is 0 Å². The number of nitrogens with one attached hydrogen (secondary N) is 1. The SMILES string of the molecule is CC(CCN(C)C)NCc1cc(C(=O)O)no1. The van der Waals surface area contributed by atoms with Crippen LogP contribution in [0.3, 0.4) is 0 Å². The average molecular weight is 241 g/mol. The first-order valence-corrected chi connectivity index (χ1v) is 5.56. The molecule has 1 aromatic heterocycles. The van der Waals surface area contributed by atoms with Crippen molar-refractivity contribution in [2.45, 2.75) is 25.9 Å². The lowest BCUT2D eigenvalue weighted by Crippen LogP contribution is -2.29. The van der Waals surface area contributed by atoms with Crippen molar-refractivity contribution < 1.29 is 14.4 Å². The van der Waals surface area contributed by atoms with Gasteiger partial charge < -0.3 is 19.8 Å². The summed E-state index contributed by atoms with van der Waals surface area (Å²) in [5, 5.41) is 15.4. The summed E-state index contributed by atoms with van der Waals surface area (Å²) in [6.07, 6.45) is 1.02. The molecule has 1 rings (SSSR count). The van der Waals surface area contributed by atoms with Gasteiger partial charge in [0, 0.05) is 12.1 Å². The molecule has 1 heterocycles. The van der Waals surface area contributed by atoms with Crippen LogP contribution in [0.15, 0.2) is 10.6 Å². The molecule has 2 N–H and O–H groups in total. The number of rotatable bonds is 7. The van der Waals surface area contributed by atoms with Crippen molar-refractivity contribution in [2.75, 3.05) is 20.6 Å². The minimum atomic E-state index is -1.07. The van der Waals surface area contributed by atoms with Crippen molar-refractivity contribution in [3.63, 3.8) is 0 Å². The lowest BCUT2D eigenvalue weighted by molar-refractivity contribution is 0.0685. The Kier molecular flexibility index (Phi) is 5.11. The van der Waals surface area contributed by atoms with Crippen LogP contribution < -0.4 is 5.32 Å². The normalized spacial score (nSPS) is 12.9. The van der Waals surface area contributed by atoms with E-state index in [0.717, 1.165) is 13.0 Å². The fourth-order valence-electron chi connectivity index (χ4n) is 1.33. The minimum absolute atomic E-state index is 0.0530. The first-order chi connectivity index (χ1) is 7.99. The Morgan fingerprint density at radius 2 is 2.35 bits per heavy atom. The monoisotopic (exact) mass is 241 g/mol. The Labute approximate surface area is 101 Å². The van der Waals surface area contributed by atoms with Gasteiger partial charge in [0.1, 0.15) is 0 Å². The highest BCUT2D eigenvalue weighted by Crippen LogP contribution is 2.04. The van der Waals surface area contributed by atoms with E-state index >= 15 is 0 Å². The second-order valence-electron chi connectivity index (χ2n) is 4.36. The van der Waals surface area contributed by atoms with Gasteiger partial charge in [-0.25, -0.2) is 4.79 Å². The fraction of sp³-hybridized carbons (Fsp3) is 0.636. The number of aromatic carboxylic acids is 1. The Bertz CT molecular complexity index is 363. The number of carboxylic acid groups (broad SMARTS) is 1. The zero-order chi connectivity index (χ0) is 12.8. The Hall–Kier alpha value is -1.40. The Morgan fingerprint density at radius 1 is 1.65 bits per heavy atom. The van der Waals surface area contributed by atoms with E-state index in [1.165, 1.54) is 6.07 Å². The van der Waals surface area contributed by atoms with E-state index in [4.69, 9.17) is 9.63 Å². The topological polar surface area (TPSA) is 78.6 Å². The molecule has 0 spiro atoms. The summed E-state index contributed by atoms with van der Waals surface area (Å²) in [6, 6.07) is 1.78.